The molecule has 0 amide bonds. The summed E-state index contributed by atoms with van der Waals surface area (Å²) < 4.78 is 3.14. The molecule has 0 heterocycles. The van der Waals surface area contributed by atoms with Crippen LogP contribution in [0.2, 0.25) is 0 Å². The fraction of sp³-hybridized carbons (Fsp3) is 0. The van der Waals surface area contributed by atoms with Crippen LogP contribution in [0, 0.1) is 0 Å². The third-order valence-corrected chi connectivity index (χ3v) is 0.111. The van der Waals surface area contributed by atoms with Gasteiger partial charge >= 0.3 is 19.5 Å². The minimum absolute atomic E-state index is 0. The van der Waals surface area contributed by atoms with Gasteiger partial charge in [0.05, 0.1) is 0 Å². The molecule has 3 nitrogen and oxygen atoms in total. The van der Waals surface area contributed by atoms with E-state index >= 15 is 0 Å². The van der Waals surface area contributed by atoms with E-state index < -0.39 is 7.32 Å². The van der Waals surface area contributed by atoms with E-state index in [1.54, 1.807) is 0 Å². The molecule has 0 aliphatic rings. The van der Waals surface area contributed by atoms with Crippen LogP contribution in [-0.4, -0.2) is 15.4 Å². The van der Waals surface area contributed by atoms with Crippen LogP contribution in [0.4, 0.5) is 0 Å². The Hall–Kier alpha value is 0.633. The first-order valence-electron chi connectivity index (χ1n) is 0.943. The molecule has 0 fully saturated rings. The van der Waals surface area contributed by atoms with Crippen molar-refractivity contribution in [2.24, 2.45) is 0 Å². The maximum absolute atomic E-state index is 8.99. The molecule has 6 heteroatoms. The zero-order chi connectivity index (χ0) is 4.28. The largest absolute Gasteiger partial charge is 2.00 e. The van der Waals surface area contributed by atoms with Crippen molar-refractivity contribution in [2.45, 2.75) is 0 Å². The van der Waals surface area contributed by atoms with Crippen molar-refractivity contribution in [2.75, 3.05) is 0 Å². The monoisotopic (exact) mass is 134 g/mol. The van der Waals surface area contributed by atoms with E-state index in [1.165, 1.54) is 0 Å². The minimum atomic E-state index is -2.34. The maximum atomic E-state index is 8.99. The first kappa shape index (κ1) is 9.81. The van der Waals surface area contributed by atoms with Crippen LogP contribution in [0.5, 0.6) is 0 Å². The molecule has 6 heavy (non-hydrogen) atoms. The Morgan fingerprint density at radius 3 is 1.67 bits per heavy atom. The summed E-state index contributed by atoms with van der Waals surface area (Å²) in [5.41, 5.74) is 0. The molecule has 0 aliphatic heterocycles. The van der Waals surface area contributed by atoms with Gasteiger partial charge in [0.1, 0.15) is 0 Å². The van der Waals surface area contributed by atoms with Gasteiger partial charge in [-0.2, -0.15) is 0 Å². The van der Waals surface area contributed by atoms with Crippen molar-refractivity contribution in [3.05, 3.63) is 0 Å². The molecule has 0 saturated carbocycles. The maximum Gasteiger partial charge on any atom is 2.00 e. The summed E-state index contributed by atoms with van der Waals surface area (Å²) >= 11 is 0. The zero-order valence-corrected chi connectivity index (χ0v) is 6.05. The minimum Gasteiger partial charge on any atom is -0.872 e. The van der Waals surface area contributed by atoms with E-state index in [0.29, 0.717) is 0 Å². The fourth-order valence-corrected chi connectivity index (χ4v) is 0. The number of hydrogen-bond acceptors (Lipinski definition) is 3. The third-order valence-electron chi connectivity index (χ3n) is 0.111. The second kappa shape index (κ2) is 5.63. The van der Waals surface area contributed by atoms with E-state index in [0.717, 1.165) is 0 Å². The summed E-state index contributed by atoms with van der Waals surface area (Å²) in [6.07, 6.45) is 0. The Balaban J connectivity index is 0. The summed E-state index contributed by atoms with van der Waals surface area (Å²) in [5, 5.41) is 18.0. The topological polar surface area (TPSA) is 55.3 Å². The molecule has 0 aliphatic carbocycles. The van der Waals surface area contributed by atoms with Crippen molar-refractivity contribution < 1.29 is 34.1 Å². The van der Waals surface area contributed by atoms with Gasteiger partial charge in [-0.05, 0) is 0 Å². The first-order chi connectivity index (χ1) is 2.27. The van der Waals surface area contributed by atoms with E-state index in [2.05, 4.69) is 12.6 Å². The summed E-state index contributed by atoms with van der Waals surface area (Å²) in [7, 11) is 1.71. The molecule has 0 aromatic rings. The molecule has 0 spiro atoms. The summed E-state index contributed by atoms with van der Waals surface area (Å²) in [5.74, 6) is 0. The summed E-state index contributed by atoms with van der Waals surface area (Å²) in [4.78, 5) is 0. The molecule has 2 radical (unpaired) electrons. The Morgan fingerprint density at radius 2 is 1.67 bits per heavy atom. The Bertz CT molecular complexity index is 22.8. The van der Waals surface area contributed by atoms with Gasteiger partial charge in [-0.15, -0.1) is 0 Å². The quantitative estimate of drug-likeness (QED) is 0.355. The second-order valence-corrected chi connectivity index (χ2v) is 0.425. The van der Waals surface area contributed by atoms with Crippen molar-refractivity contribution in [1.82, 2.24) is 0 Å². The van der Waals surface area contributed by atoms with Gasteiger partial charge in [0.15, 0.2) is 0 Å². The zero-order valence-electron chi connectivity index (χ0n) is 3.09. The fourth-order valence-electron chi connectivity index (χ4n) is 0. The molecular weight excluding hydrogens is 135 g/mol. The number of rotatable bonds is 1. The van der Waals surface area contributed by atoms with Gasteiger partial charge in [-0.3, -0.25) is 0 Å². The van der Waals surface area contributed by atoms with Gasteiger partial charge in [-0.25, -0.2) is 0 Å². The molecule has 0 aromatic heterocycles. The second-order valence-electron chi connectivity index (χ2n) is 0.425. The van der Waals surface area contributed by atoms with Gasteiger partial charge in [0.2, 0.25) is 0 Å². The van der Waals surface area contributed by atoms with E-state index in [9.17, 15) is 0 Å². The molecule has 0 atom stereocenters. The average Bonchev–Trinajstić information content (AvgIpc) is 1.38. The molecular formula is B2O3Zn. The van der Waals surface area contributed by atoms with Crippen LogP contribution in [0.25, 0.3) is 0 Å². The molecule has 0 rings (SSSR count). The first-order valence-corrected chi connectivity index (χ1v) is 0.943. The van der Waals surface area contributed by atoms with Gasteiger partial charge in [-0.1, -0.05) is 0 Å². The predicted octanol–water partition coefficient (Wildman–Crippen LogP) is -3.21. The van der Waals surface area contributed by atoms with Gasteiger partial charge in [0.25, 0.3) is 8.05 Å². The molecule has 0 aromatic carbocycles. The standard InChI is InChI=1S/B2O3.Zn/c1-5-2(3)4;/q-2;+2. The van der Waals surface area contributed by atoms with Crippen molar-refractivity contribution in [3.63, 3.8) is 0 Å². The van der Waals surface area contributed by atoms with E-state index in [4.69, 9.17) is 10.0 Å². The van der Waals surface area contributed by atoms with Crippen molar-refractivity contribution in [1.29, 1.82) is 0 Å². The van der Waals surface area contributed by atoms with Crippen molar-refractivity contribution in [3.8, 4) is 0 Å². The molecule has 0 saturated heterocycles. The SMILES string of the molecule is [B]OB([O-])[O-].[Zn+2]. The molecule has 0 bridgehead atoms. The van der Waals surface area contributed by atoms with Crippen LogP contribution in [-0.2, 0) is 24.0 Å². The predicted molar refractivity (Wildman–Crippen MR) is 12.6 cm³/mol. The third kappa shape index (κ3) is 8.82. The van der Waals surface area contributed by atoms with Crippen LogP contribution >= 0.6 is 0 Å². The van der Waals surface area contributed by atoms with Gasteiger partial charge < -0.3 is 14.6 Å². The smallest absolute Gasteiger partial charge is 0.872 e. The van der Waals surface area contributed by atoms with Crippen LogP contribution in [0.15, 0.2) is 0 Å². The Morgan fingerprint density at radius 1 is 1.50 bits per heavy atom. The normalized spacial score (nSPS) is 6.33. The van der Waals surface area contributed by atoms with E-state index in [1.807, 2.05) is 0 Å². The van der Waals surface area contributed by atoms with Crippen LogP contribution < -0.4 is 10.0 Å². The molecule has 0 unspecified atom stereocenters. The van der Waals surface area contributed by atoms with Crippen LogP contribution in [0.3, 0.4) is 0 Å². The Labute approximate surface area is 50.1 Å². The van der Waals surface area contributed by atoms with E-state index in [-0.39, 0.29) is 19.5 Å². The molecule has 26 valence electrons. The van der Waals surface area contributed by atoms with Crippen molar-refractivity contribution >= 4 is 15.4 Å². The summed E-state index contributed by atoms with van der Waals surface area (Å²) in [6, 6.07) is 0. The average molecular weight is 135 g/mol. The molecule has 0 N–H and O–H groups in total. The Kier molecular flexibility index (Phi) is 9.21. The number of hydrogen-bond donors (Lipinski definition) is 0. The van der Waals surface area contributed by atoms with Crippen LogP contribution in [0.1, 0.15) is 0 Å². The summed E-state index contributed by atoms with van der Waals surface area (Å²) in [6.45, 7) is 0. The van der Waals surface area contributed by atoms with Gasteiger partial charge in [0, 0.05) is 7.32 Å².